The first-order valence-electron chi connectivity index (χ1n) is 12.2. The lowest BCUT2D eigenvalue weighted by molar-refractivity contribution is -0.111. The molecule has 6 N–H and O–H groups in total. The number of carbonyl (C=O) groups is 1. The first-order valence-corrected chi connectivity index (χ1v) is 12.6. The number of halogens is 1. The highest BCUT2D eigenvalue weighted by atomic mass is 35.5. The van der Waals surface area contributed by atoms with Crippen LogP contribution in [0.25, 0.3) is 10.9 Å². The SMILES string of the molecule is Nc1cnc2cc(O)c(NC(=O)/C=C/C3CCCN3)cc2c1Nc1ccc(OCc2ccccn2)c(Cl)c1. The third-order valence-corrected chi connectivity index (χ3v) is 6.45. The number of hydrogen-bond donors (Lipinski definition) is 5. The molecule has 194 valence electrons. The van der Waals surface area contributed by atoms with Crippen LogP contribution in [0, 0.1) is 0 Å². The predicted molar refractivity (Wildman–Crippen MR) is 150 cm³/mol. The summed E-state index contributed by atoms with van der Waals surface area (Å²) in [7, 11) is 0. The van der Waals surface area contributed by atoms with E-state index in [-0.39, 0.29) is 23.4 Å². The van der Waals surface area contributed by atoms with Gasteiger partial charge >= 0.3 is 0 Å². The number of aromatic hydroxyl groups is 1. The molecule has 3 heterocycles. The maximum absolute atomic E-state index is 12.5. The third kappa shape index (κ3) is 5.96. The zero-order chi connectivity index (χ0) is 26.5. The van der Waals surface area contributed by atoms with Crippen LogP contribution in [0.5, 0.6) is 11.5 Å². The second-order valence-electron chi connectivity index (χ2n) is 8.91. The maximum Gasteiger partial charge on any atom is 0.248 e. The van der Waals surface area contributed by atoms with E-state index < -0.39 is 0 Å². The summed E-state index contributed by atoms with van der Waals surface area (Å²) in [6.07, 6.45) is 8.59. The Balaban J connectivity index is 1.36. The van der Waals surface area contributed by atoms with E-state index in [1.165, 1.54) is 18.3 Å². The number of nitrogens with two attached hydrogens (primary N) is 1. The van der Waals surface area contributed by atoms with Gasteiger partial charge in [0, 0.05) is 35.5 Å². The van der Waals surface area contributed by atoms with Gasteiger partial charge in [0.2, 0.25) is 5.91 Å². The lowest BCUT2D eigenvalue weighted by Crippen LogP contribution is -2.19. The second-order valence-corrected chi connectivity index (χ2v) is 9.31. The summed E-state index contributed by atoms with van der Waals surface area (Å²) in [5.41, 5.74) is 9.43. The molecule has 0 spiro atoms. The second kappa shape index (κ2) is 11.4. The summed E-state index contributed by atoms with van der Waals surface area (Å²) in [5, 5.41) is 20.9. The number of pyridine rings is 2. The first-order chi connectivity index (χ1) is 18.5. The molecule has 1 amide bonds. The number of nitrogens with zero attached hydrogens (tertiary/aromatic N) is 2. The molecule has 4 aromatic rings. The van der Waals surface area contributed by atoms with Crippen molar-refractivity contribution >= 4 is 51.2 Å². The highest BCUT2D eigenvalue weighted by molar-refractivity contribution is 6.32. The van der Waals surface area contributed by atoms with Crippen LogP contribution in [0.2, 0.25) is 5.02 Å². The highest BCUT2D eigenvalue weighted by Gasteiger charge is 2.15. The number of carbonyl (C=O) groups excluding carboxylic acids is 1. The molecule has 38 heavy (non-hydrogen) atoms. The molecule has 5 rings (SSSR count). The molecule has 1 atom stereocenters. The molecule has 9 nitrogen and oxygen atoms in total. The number of hydrogen-bond acceptors (Lipinski definition) is 8. The minimum atomic E-state index is -0.340. The zero-order valence-corrected chi connectivity index (χ0v) is 21.2. The fraction of sp³-hybridized carbons (Fsp3) is 0.179. The molecule has 1 aliphatic rings. The van der Waals surface area contributed by atoms with Gasteiger partial charge in [0.05, 0.1) is 39.5 Å². The van der Waals surface area contributed by atoms with Gasteiger partial charge in [-0.05, 0) is 55.8 Å². The van der Waals surface area contributed by atoms with Crippen molar-refractivity contribution in [1.29, 1.82) is 0 Å². The molecule has 10 heteroatoms. The number of rotatable bonds is 8. The summed E-state index contributed by atoms with van der Waals surface area (Å²) in [6, 6.07) is 14.2. The van der Waals surface area contributed by atoms with E-state index in [1.807, 2.05) is 30.3 Å². The van der Waals surface area contributed by atoms with Crippen molar-refractivity contribution in [2.75, 3.05) is 22.9 Å². The average Bonchev–Trinajstić information content (AvgIpc) is 3.44. The Morgan fingerprint density at radius 1 is 1.24 bits per heavy atom. The van der Waals surface area contributed by atoms with E-state index in [0.29, 0.717) is 45.3 Å². The van der Waals surface area contributed by atoms with Crippen molar-refractivity contribution in [1.82, 2.24) is 15.3 Å². The Morgan fingerprint density at radius 3 is 2.89 bits per heavy atom. The number of phenolic OH excluding ortho intramolecular Hbond substituents is 1. The van der Waals surface area contributed by atoms with Crippen molar-refractivity contribution in [3.63, 3.8) is 0 Å². The molecule has 1 fully saturated rings. The fourth-order valence-corrected chi connectivity index (χ4v) is 4.45. The monoisotopic (exact) mass is 530 g/mol. The molecule has 2 aromatic carbocycles. The van der Waals surface area contributed by atoms with Crippen LogP contribution in [0.3, 0.4) is 0 Å². The predicted octanol–water partition coefficient (Wildman–Crippen LogP) is 5.14. The molecule has 2 aromatic heterocycles. The van der Waals surface area contributed by atoms with Crippen LogP contribution in [-0.2, 0) is 11.4 Å². The van der Waals surface area contributed by atoms with Gasteiger partial charge in [-0.15, -0.1) is 0 Å². The number of ether oxygens (including phenoxy) is 1. The summed E-state index contributed by atoms with van der Waals surface area (Å²) < 4.78 is 5.81. The van der Waals surface area contributed by atoms with Crippen molar-refractivity contribution in [3.8, 4) is 11.5 Å². The number of phenols is 1. The van der Waals surface area contributed by atoms with Crippen LogP contribution in [0.15, 0.2) is 73.1 Å². The van der Waals surface area contributed by atoms with E-state index in [1.54, 1.807) is 24.4 Å². The van der Waals surface area contributed by atoms with Gasteiger partial charge in [0.25, 0.3) is 0 Å². The summed E-state index contributed by atoms with van der Waals surface area (Å²) in [5.74, 6) is 0.0814. The van der Waals surface area contributed by atoms with Crippen molar-refractivity contribution in [2.24, 2.45) is 0 Å². The molecular weight excluding hydrogens is 504 g/mol. The number of aromatic nitrogens is 2. The fourth-order valence-electron chi connectivity index (χ4n) is 4.21. The molecule has 0 radical (unpaired) electrons. The van der Waals surface area contributed by atoms with Gasteiger partial charge in [-0.3, -0.25) is 14.8 Å². The van der Waals surface area contributed by atoms with E-state index in [0.717, 1.165) is 25.1 Å². The van der Waals surface area contributed by atoms with Gasteiger partial charge < -0.3 is 31.5 Å². The summed E-state index contributed by atoms with van der Waals surface area (Å²) in [4.78, 5) is 21.1. The van der Waals surface area contributed by atoms with Gasteiger partial charge in [-0.1, -0.05) is 23.7 Å². The van der Waals surface area contributed by atoms with Crippen LogP contribution < -0.4 is 26.4 Å². The summed E-state index contributed by atoms with van der Waals surface area (Å²) >= 11 is 6.48. The Morgan fingerprint density at radius 2 is 2.13 bits per heavy atom. The topological polar surface area (TPSA) is 134 Å². The Labute approximate surface area is 224 Å². The smallest absolute Gasteiger partial charge is 0.248 e. The Kier molecular flexibility index (Phi) is 7.57. The number of amides is 1. The van der Waals surface area contributed by atoms with Crippen molar-refractivity contribution in [2.45, 2.75) is 25.5 Å². The number of nitrogens with one attached hydrogen (secondary N) is 3. The molecule has 1 unspecified atom stereocenters. The minimum absolute atomic E-state index is 0.0982. The van der Waals surface area contributed by atoms with Crippen LogP contribution >= 0.6 is 11.6 Å². The highest BCUT2D eigenvalue weighted by Crippen LogP contribution is 2.37. The number of fused-ring (bicyclic) bond motifs is 1. The van der Waals surface area contributed by atoms with Crippen LogP contribution in [0.4, 0.5) is 22.7 Å². The third-order valence-electron chi connectivity index (χ3n) is 6.15. The quantitative estimate of drug-likeness (QED) is 0.156. The number of nitrogen functional groups attached to an aromatic ring is 1. The van der Waals surface area contributed by atoms with Crippen molar-refractivity contribution in [3.05, 3.63) is 83.8 Å². The lowest BCUT2D eigenvalue weighted by atomic mass is 10.1. The van der Waals surface area contributed by atoms with E-state index in [9.17, 15) is 9.90 Å². The van der Waals surface area contributed by atoms with E-state index in [2.05, 4.69) is 25.9 Å². The molecule has 1 saturated heterocycles. The largest absolute Gasteiger partial charge is 0.506 e. The van der Waals surface area contributed by atoms with Gasteiger partial charge in [0.1, 0.15) is 18.1 Å². The molecule has 0 saturated carbocycles. The Bertz CT molecular complexity index is 1490. The van der Waals surface area contributed by atoms with Gasteiger partial charge in [-0.2, -0.15) is 0 Å². The lowest BCUT2D eigenvalue weighted by Gasteiger charge is -2.15. The normalized spacial score (nSPS) is 15.1. The maximum atomic E-state index is 12.5. The van der Waals surface area contributed by atoms with Gasteiger partial charge in [0.15, 0.2) is 0 Å². The molecule has 0 bridgehead atoms. The summed E-state index contributed by atoms with van der Waals surface area (Å²) in [6.45, 7) is 1.23. The van der Waals surface area contributed by atoms with Crippen molar-refractivity contribution < 1.29 is 14.6 Å². The Hall–Kier alpha value is -4.34. The van der Waals surface area contributed by atoms with Crippen LogP contribution in [-0.4, -0.2) is 33.6 Å². The minimum Gasteiger partial charge on any atom is -0.506 e. The molecule has 1 aliphatic heterocycles. The van der Waals surface area contributed by atoms with Crippen LogP contribution in [0.1, 0.15) is 18.5 Å². The molecule has 0 aliphatic carbocycles. The van der Waals surface area contributed by atoms with Gasteiger partial charge in [-0.25, -0.2) is 0 Å². The first kappa shape index (κ1) is 25.3. The zero-order valence-electron chi connectivity index (χ0n) is 20.4. The molecular formula is C28H27ClN6O3. The van der Waals surface area contributed by atoms with E-state index >= 15 is 0 Å². The standard InChI is InChI=1S/C28H27ClN6O3/c29-21-12-18(6-8-26(21)38-16-19-4-1-2-10-32-19)34-28-20-13-24(25(36)14-23(20)33-15-22(28)30)35-27(37)9-7-17-5-3-11-31-17/h1-2,4,6-10,12-15,17,31,36H,3,5,11,16,30H2,(H,33,34)(H,35,37)/b9-7+. The van der Waals surface area contributed by atoms with E-state index in [4.69, 9.17) is 22.1 Å². The number of anilines is 4. The number of benzene rings is 2. The average molecular weight is 531 g/mol.